The van der Waals surface area contributed by atoms with Gasteiger partial charge in [0.05, 0.1) is 11.8 Å². The first-order chi connectivity index (χ1) is 16.9. The lowest BCUT2D eigenvalue weighted by Crippen LogP contribution is -2.36. The van der Waals surface area contributed by atoms with Crippen molar-refractivity contribution >= 4 is 46.0 Å². The van der Waals surface area contributed by atoms with Crippen LogP contribution in [0, 0.1) is 0 Å². The molecular weight excluding hydrogens is 539 g/mol. The summed E-state index contributed by atoms with van der Waals surface area (Å²) in [7, 11) is -9.20. The second-order valence-electron chi connectivity index (χ2n) is 8.73. The van der Waals surface area contributed by atoms with Crippen molar-refractivity contribution in [3.05, 3.63) is 40.7 Å². The van der Waals surface area contributed by atoms with E-state index in [4.69, 9.17) is 26.1 Å². The van der Waals surface area contributed by atoms with Gasteiger partial charge in [-0.3, -0.25) is 4.57 Å². The van der Waals surface area contributed by atoms with Crippen LogP contribution in [-0.2, 0) is 25.6 Å². The Bertz CT molecular complexity index is 1470. The largest absolute Gasteiger partial charge is 0.387 e. The van der Waals surface area contributed by atoms with Crippen molar-refractivity contribution in [3.63, 3.8) is 0 Å². The molecule has 0 bridgehead atoms. The first-order valence-corrected chi connectivity index (χ1v) is 14.8. The molecular formula is C19H22ClN6O8PS. The average molecular weight is 561 g/mol. The smallest absolute Gasteiger partial charge is 0.340 e. The molecule has 1 aromatic carbocycles. The molecule has 17 heteroatoms. The minimum atomic E-state index is -4.87. The Hall–Kier alpha value is -2.23. The molecule has 0 unspecified atom stereocenters. The number of sulfone groups is 1. The molecule has 36 heavy (non-hydrogen) atoms. The van der Waals surface area contributed by atoms with Crippen molar-refractivity contribution in [2.24, 2.45) is 0 Å². The van der Waals surface area contributed by atoms with Gasteiger partial charge < -0.3 is 30.1 Å². The van der Waals surface area contributed by atoms with Crippen molar-refractivity contribution in [1.29, 1.82) is 0 Å². The number of benzene rings is 1. The zero-order valence-corrected chi connectivity index (χ0v) is 20.9. The Kier molecular flexibility index (Phi) is 6.54. The maximum absolute atomic E-state index is 12.2. The summed E-state index contributed by atoms with van der Waals surface area (Å²) in [5, 5.41) is 32.2. The van der Waals surface area contributed by atoms with Crippen LogP contribution in [0.3, 0.4) is 0 Å². The number of rotatable bonds is 7. The van der Waals surface area contributed by atoms with Gasteiger partial charge in [-0.05, 0) is 35.6 Å². The lowest BCUT2D eigenvalue weighted by Gasteiger charge is -2.16. The number of anilines is 1. The second kappa shape index (κ2) is 9.26. The second-order valence-corrected chi connectivity index (χ2v) is 13.3. The van der Waals surface area contributed by atoms with E-state index in [1.165, 1.54) is 5.56 Å². The summed E-state index contributed by atoms with van der Waals surface area (Å²) in [4.78, 5) is 26.4. The van der Waals surface area contributed by atoms with Crippen LogP contribution in [0.1, 0.15) is 29.8 Å². The molecule has 2 aliphatic rings. The van der Waals surface area contributed by atoms with Crippen molar-refractivity contribution < 1.29 is 37.7 Å². The summed E-state index contributed by atoms with van der Waals surface area (Å²) in [6.07, 6.45) is -4.51. The predicted molar refractivity (Wildman–Crippen MR) is 126 cm³/mol. The molecule has 0 radical (unpaired) electrons. The highest BCUT2D eigenvalue weighted by Gasteiger charge is 2.47. The van der Waals surface area contributed by atoms with E-state index in [0.29, 0.717) is 5.82 Å². The maximum Gasteiger partial charge on any atom is 0.340 e. The van der Waals surface area contributed by atoms with Gasteiger partial charge in [-0.1, -0.05) is 29.5 Å². The zero-order valence-electron chi connectivity index (χ0n) is 18.4. The first-order valence-electron chi connectivity index (χ1n) is 10.8. The molecule has 5 rings (SSSR count). The highest BCUT2D eigenvalue weighted by molar-refractivity contribution is 7.97. The molecule has 0 spiro atoms. The molecule has 5 N–H and O–H groups in total. The summed E-state index contributed by atoms with van der Waals surface area (Å²) in [6, 6.07) is 7.92. The Morgan fingerprint density at radius 2 is 1.94 bits per heavy atom. The van der Waals surface area contributed by atoms with Crippen molar-refractivity contribution in [1.82, 2.24) is 25.0 Å². The molecule has 3 heterocycles. The van der Waals surface area contributed by atoms with E-state index in [1.807, 2.05) is 18.2 Å². The number of nitrogens with one attached hydrogen (secondary N) is 1. The minimum absolute atomic E-state index is 0.0562. The molecule has 14 nitrogen and oxygen atoms in total. The third kappa shape index (κ3) is 4.97. The van der Waals surface area contributed by atoms with E-state index in [-0.39, 0.29) is 22.5 Å². The maximum atomic E-state index is 12.2. The van der Waals surface area contributed by atoms with Gasteiger partial charge in [0, 0.05) is 0 Å². The molecule has 194 valence electrons. The summed E-state index contributed by atoms with van der Waals surface area (Å²) in [6.45, 7) is 0. The predicted octanol–water partition coefficient (Wildman–Crippen LogP) is 0.143. The monoisotopic (exact) mass is 560 g/mol. The average Bonchev–Trinajstić information content (AvgIpc) is 3.45. The van der Waals surface area contributed by atoms with Gasteiger partial charge in [0.25, 0.3) is 0 Å². The van der Waals surface area contributed by atoms with Gasteiger partial charge in [0.1, 0.15) is 18.3 Å². The minimum Gasteiger partial charge on any atom is -0.387 e. The fourth-order valence-electron chi connectivity index (χ4n) is 4.58. The lowest BCUT2D eigenvalue weighted by molar-refractivity contribution is -0.0375. The van der Waals surface area contributed by atoms with Crippen LogP contribution in [0.15, 0.2) is 24.3 Å². The van der Waals surface area contributed by atoms with E-state index in [9.17, 15) is 23.2 Å². The van der Waals surface area contributed by atoms with Crippen LogP contribution >= 0.6 is 19.2 Å². The fourth-order valence-corrected chi connectivity index (χ4v) is 7.99. The van der Waals surface area contributed by atoms with Crippen molar-refractivity contribution in [2.75, 3.05) is 16.6 Å². The summed E-state index contributed by atoms with van der Waals surface area (Å²) >= 11 is 6.15. The number of fused-ring (bicyclic) bond motifs is 2. The van der Waals surface area contributed by atoms with Crippen LogP contribution in [0.25, 0.3) is 11.2 Å². The highest BCUT2D eigenvalue weighted by atomic mass is 35.5. The zero-order chi connectivity index (χ0) is 25.8. The molecule has 1 aliphatic carbocycles. The molecule has 1 fully saturated rings. The third-order valence-corrected chi connectivity index (χ3v) is 10.0. The molecule has 0 amide bonds. The molecule has 3 aromatic rings. The topological polar surface area (TPSA) is 210 Å². The van der Waals surface area contributed by atoms with Gasteiger partial charge in [0.15, 0.2) is 38.5 Å². The Labute approximate surface area is 209 Å². The van der Waals surface area contributed by atoms with E-state index < -0.39 is 53.2 Å². The number of hydrogen-bond donors (Lipinski definition) is 5. The van der Waals surface area contributed by atoms with E-state index in [0.717, 1.165) is 23.1 Å². The summed E-state index contributed by atoms with van der Waals surface area (Å²) in [5.41, 5.74) is 1.20. The Morgan fingerprint density at radius 3 is 2.69 bits per heavy atom. The summed E-state index contributed by atoms with van der Waals surface area (Å²) in [5.74, 6) is -0.630. The Morgan fingerprint density at radius 1 is 1.19 bits per heavy atom. The number of aliphatic hydroxyl groups is 2. The standard InChI is InChI=1S/C19H22ClN6O8PS/c20-19-22-16(21-11-6-5-9-3-1-2-4-10(9)11)13-17(23-19)26(25-24-13)18-15(28)14(27)12(34-18)7-36(32,33)8-35(29,30)31/h1-4,11-12,14-15,18,27-28H,5-8H2,(H,21,22,23)(H2,29,30,31)/t11-,12-,14-,15-,18-/m1/s1. The number of aryl methyl sites for hydroxylation is 1. The van der Waals surface area contributed by atoms with Gasteiger partial charge in [-0.25, -0.2) is 8.42 Å². The van der Waals surface area contributed by atoms with Crippen molar-refractivity contribution in [3.8, 4) is 0 Å². The number of halogens is 1. The van der Waals surface area contributed by atoms with Crippen LogP contribution in [0.4, 0.5) is 5.82 Å². The summed E-state index contributed by atoms with van der Waals surface area (Å²) < 4.78 is 42.0. The van der Waals surface area contributed by atoms with E-state index in [1.54, 1.807) is 0 Å². The molecule has 0 saturated carbocycles. The molecule has 1 saturated heterocycles. The normalized spacial score (nSPS) is 26.4. The SMILES string of the molecule is O=P(O)(O)CS(=O)(=O)C[C@H]1O[C@@H](n2nnc3c(N[C@@H]4CCc5ccccc54)nc(Cl)nc32)[C@H](O)[C@@H]1O. The molecule has 2 aromatic heterocycles. The van der Waals surface area contributed by atoms with Crippen LogP contribution in [-0.4, -0.2) is 82.9 Å². The first kappa shape index (κ1) is 25.4. The lowest BCUT2D eigenvalue weighted by atomic mass is 10.1. The number of aromatic nitrogens is 5. The van der Waals surface area contributed by atoms with E-state index >= 15 is 0 Å². The Balaban J connectivity index is 1.42. The van der Waals surface area contributed by atoms with Gasteiger partial charge in [-0.2, -0.15) is 14.6 Å². The number of nitrogens with zero attached hydrogens (tertiary/aromatic N) is 5. The quantitative estimate of drug-likeness (QED) is 0.192. The van der Waals surface area contributed by atoms with Crippen LogP contribution in [0.5, 0.6) is 0 Å². The molecule has 1 aliphatic heterocycles. The van der Waals surface area contributed by atoms with Gasteiger partial charge in [0.2, 0.25) is 5.28 Å². The van der Waals surface area contributed by atoms with Crippen molar-refractivity contribution in [2.45, 2.75) is 43.4 Å². The molecule has 5 atom stereocenters. The van der Waals surface area contributed by atoms with Gasteiger partial charge in [-0.15, -0.1) is 5.10 Å². The number of ether oxygens (including phenoxy) is 1. The van der Waals surface area contributed by atoms with Gasteiger partial charge >= 0.3 is 7.60 Å². The van der Waals surface area contributed by atoms with Crippen LogP contribution in [0.2, 0.25) is 5.28 Å². The third-order valence-electron chi connectivity index (χ3n) is 6.10. The number of aliphatic hydroxyl groups excluding tert-OH is 2. The number of hydrogen-bond acceptors (Lipinski definition) is 11. The van der Waals surface area contributed by atoms with Crippen LogP contribution < -0.4 is 5.32 Å². The highest BCUT2D eigenvalue weighted by Crippen LogP contribution is 2.39. The van der Waals surface area contributed by atoms with E-state index in [2.05, 4.69) is 31.7 Å². The fraction of sp³-hybridized carbons (Fsp3) is 0.474.